The van der Waals surface area contributed by atoms with Crippen molar-refractivity contribution in [2.24, 2.45) is 0 Å². The molecule has 1 aliphatic rings. The summed E-state index contributed by atoms with van der Waals surface area (Å²) < 4.78 is 34.4. The second kappa shape index (κ2) is 7.27. The number of aromatic nitrogens is 2. The van der Waals surface area contributed by atoms with Crippen molar-refractivity contribution in [3.8, 4) is 11.4 Å². The second-order valence-electron chi connectivity index (χ2n) is 6.40. The summed E-state index contributed by atoms with van der Waals surface area (Å²) in [5.41, 5.74) is 2.60. The van der Waals surface area contributed by atoms with Gasteiger partial charge in [-0.2, -0.15) is 5.10 Å². The third-order valence-electron chi connectivity index (χ3n) is 4.51. The highest BCUT2D eigenvalue weighted by molar-refractivity contribution is 8.00. The number of fused-ring (bicyclic) bond motifs is 1. The lowest BCUT2D eigenvalue weighted by atomic mass is 10.0. The minimum atomic E-state index is -0.652. The van der Waals surface area contributed by atoms with Crippen LogP contribution in [-0.2, 0) is 4.79 Å². The zero-order chi connectivity index (χ0) is 19.8. The van der Waals surface area contributed by atoms with Crippen molar-refractivity contribution in [3.05, 3.63) is 70.9 Å². The van der Waals surface area contributed by atoms with Crippen LogP contribution in [0.5, 0.6) is 5.75 Å². The fourth-order valence-corrected chi connectivity index (χ4v) is 4.45. The van der Waals surface area contributed by atoms with Crippen molar-refractivity contribution in [3.63, 3.8) is 0 Å². The minimum Gasteiger partial charge on any atom is -0.497 e. The third-order valence-corrected chi connectivity index (χ3v) is 5.78. The Hall–Kier alpha value is -2.87. The quantitative estimate of drug-likeness (QED) is 0.713. The van der Waals surface area contributed by atoms with Crippen LogP contribution in [0.3, 0.4) is 0 Å². The SMILES string of the molecule is COc1ccc(-n2nc(C)c3c2NC(=O)CS[C@H]3c2cc(F)cc(F)c2)cc1. The van der Waals surface area contributed by atoms with Crippen LogP contribution in [0, 0.1) is 18.6 Å². The van der Waals surface area contributed by atoms with Gasteiger partial charge < -0.3 is 10.1 Å². The highest BCUT2D eigenvalue weighted by Gasteiger charge is 2.31. The normalized spacial score (nSPS) is 16.3. The van der Waals surface area contributed by atoms with E-state index in [9.17, 15) is 13.6 Å². The zero-order valence-corrected chi connectivity index (χ0v) is 16.0. The molecule has 1 aliphatic heterocycles. The van der Waals surface area contributed by atoms with E-state index < -0.39 is 16.9 Å². The molecule has 144 valence electrons. The number of ether oxygens (including phenoxy) is 1. The zero-order valence-electron chi connectivity index (χ0n) is 15.2. The topological polar surface area (TPSA) is 56.1 Å². The molecule has 0 bridgehead atoms. The molecule has 2 aromatic carbocycles. The number of hydrogen-bond acceptors (Lipinski definition) is 4. The number of nitrogens with one attached hydrogen (secondary N) is 1. The summed E-state index contributed by atoms with van der Waals surface area (Å²) in [6.07, 6.45) is 0. The number of anilines is 1. The van der Waals surface area contributed by atoms with E-state index >= 15 is 0 Å². The summed E-state index contributed by atoms with van der Waals surface area (Å²) in [5, 5.41) is 7.04. The molecule has 2 heterocycles. The number of halogens is 2. The van der Waals surface area contributed by atoms with Gasteiger partial charge in [0, 0.05) is 11.6 Å². The summed E-state index contributed by atoms with van der Waals surface area (Å²) in [6.45, 7) is 1.82. The fraction of sp³-hybridized carbons (Fsp3) is 0.200. The molecule has 0 fully saturated rings. The molecule has 8 heteroatoms. The number of thioether (sulfide) groups is 1. The van der Waals surface area contributed by atoms with Gasteiger partial charge in [-0.3, -0.25) is 4.79 Å². The first-order valence-corrected chi connectivity index (χ1v) is 9.62. The molecule has 0 saturated heterocycles. The van der Waals surface area contributed by atoms with Gasteiger partial charge in [0.2, 0.25) is 5.91 Å². The van der Waals surface area contributed by atoms with Crippen LogP contribution in [0.1, 0.15) is 22.1 Å². The molecular formula is C20H17F2N3O2S. The Labute approximate surface area is 164 Å². The summed E-state index contributed by atoms with van der Waals surface area (Å²) in [7, 11) is 1.58. The van der Waals surface area contributed by atoms with Crippen molar-refractivity contribution in [2.45, 2.75) is 12.2 Å². The summed E-state index contributed by atoms with van der Waals surface area (Å²) in [6, 6.07) is 10.7. The monoisotopic (exact) mass is 401 g/mol. The van der Waals surface area contributed by atoms with Crippen LogP contribution in [-0.4, -0.2) is 28.6 Å². The first kappa shape index (κ1) is 18.5. The van der Waals surface area contributed by atoms with Gasteiger partial charge in [0.1, 0.15) is 23.2 Å². The highest BCUT2D eigenvalue weighted by atomic mass is 32.2. The molecule has 0 radical (unpaired) electrons. The molecule has 1 N–H and O–H groups in total. The van der Waals surface area contributed by atoms with E-state index in [4.69, 9.17) is 4.74 Å². The van der Waals surface area contributed by atoms with Crippen molar-refractivity contribution in [1.29, 1.82) is 0 Å². The van der Waals surface area contributed by atoms with E-state index in [1.54, 1.807) is 23.9 Å². The number of methoxy groups -OCH3 is 1. The Morgan fingerprint density at radius 3 is 2.50 bits per heavy atom. The predicted molar refractivity (Wildman–Crippen MR) is 104 cm³/mol. The van der Waals surface area contributed by atoms with Crippen molar-refractivity contribution >= 4 is 23.5 Å². The molecule has 1 aromatic heterocycles. The largest absolute Gasteiger partial charge is 0.497 e. The van der Waals surface area contributed by atoms with Gasteiger partial charge in [0.25, 0.3) is 0 Å². The smallest absolute Gasteiger partial charge is 0.235 e. The molecule has 1 amide bonds. The molecule has 1 atom stereocenters. The molecule has 3 aromatic rings. The Morgan fingerprint density at radius 1 is 1.18 bits per heavy atom. The number of benzene rings is 2. The van der Waals surface area contributed by atoms with Crippen molar-refractivity contribution in [2.75, 3.05) is 18.2 Å². The van der Waals surface area contributed by atoms with Crippen LogP contribution in [0.15, 0.2) is 42.5 Å². The lowest BCUT2D eigenvalue weighted by Gasteiger charge is -2.15. The number of carbonyl (C=O) groups excluding carboxylic acids is 1. The predicted octanol–water partition coefficient (Wildman–Crippen LogP) is 4.24. The summed E-state index contributed by atoms with van der Waals surface area (Å²) in [5.74, 6) is -0.125. The molecule has 0 saturated carbocycles. The number of rotatable bonds is 3. The average molecular weight is 401 g/mol. The molecule has 28 heavy (non-hydrogen) atoms. The molecule has 0 aliphatic carbocycles. The van der Waals surface area contributed by atoms with Crippen molar-refractivity contribution < 1.29 is 18.3 Å². The van der Waals surface area contributed by atoms with Gasteiger partial charge in [-0.05, 0) is 48.9 Å². The minimum absolute atomic E-state index is 0.166. The van der Waals surface area contributed by atoms with Gasteiger partial charge in [0.05, 0.1) is 29.5 Å². The Balaban J connectivity index is 1.87. The standard InChI is InChI=1S/C20H17F2N3O2S/c1-11-18-19(12-7-13(21)9-14(22)8-12)28-10-17(26)23-20(18)25(24-11)15-3-5-16(27-2)6-4-15/h3-9,19H,10H2,1-2H3,(H,23,26)/t19-/m0/s1. The van der Waals surface area contributed by atoms with Crippen LogP contribution in [0.25, 0.3) is 5.69 Å². The van der Waals surface area contributed by atoms with Crippen LogP contribution >= 0.6 is 11.8 Å². The molecule has 0 unspecified atom stereocenters. The number of amides is 1. The third kappa shape index (κ3) is 3.35. The number of nitrogens with zero attached hydrogens (tertiary/aromatic N) is 2. The lowest BCUT2D eigenvalue weighted by Crippen LogP contribution is -2.15. The first-order chi connectivity index (χ1) is 13.5. The Bertz CT molecular complexity index is 1030. The summed E-state index contributed by atoms with van der Waals surface area (Å²) >= 11 is 1.32. The number of carbonyl (C=O) groups is 1. The van der Waals surface area contributed by atoms with Crippen LogP contribution in [0.2, 0.25) is 0 Å². The molecule has 0 spiro atoms. The first-order valence-electron chi connectivity index (χ1n) is 8.57. The molecule has 5 nitrogen and oxygen atoms in total. The molecular weight excluding hydrogens is 384 g/mol. The Morgan fingerprint density at radius 2 is 1.86 bits per heavy atom. The number of aryl methyl sites for hydroxylation is 1. The maximum Gasteiger partial charge on any atom is 0.235 e. The van der Waals surface area contributed by atoms with Crippen LogP contribution < -0.4 is 10.1 Å². The van der Waals surface area contributed by atoms with E-state index in [-0.39, 0.29) is 11.7 Å². The summed E-state index contributed by atoms with van der Waals surface area (Å²) in [4.78, 5) is 12.3. The van der Waals surface area contributed by atoms with E-state index in [0.717, 1.165) is 17.3 Å². The van der Waals surface area contributed by atoms with E-state index in [1.807, 2.05) is 19.1 Å². The second-order valence-corrected chi connectivity index (χ2v) is 7.49. The average Bonchev–Trinajstić information content (AvgIpc) is 2.86. The van der Waals surface area contributed by atoms with Crippen molar-refractivity contribution in [1.82, 2.24) is 9.78 Å². The van der Waals surface area contributed by atoms with E-state index in [2.05, 4.69) is 10.4 Å². The van der Waals surface area contributed by atoms with E-state index in [0.29, 0.717) is 22.8 Å². The number of hydrogen-bond donors (Lipinski definition) is 1. The lowest BCUT2D eigenvalue weighted by molar-refractivity contribution is -0.113. The van der Waals surface area contributed by atoms with E-state index in [1.165, 1.54) is 23.9 Å². The fourth-order valence-electron chi connectivity index (χ4n) is 3.28. The maximum atomic E-state index is 13.8. The van der Waals surface area contributed by atoms with Gasteiger partial charge >= 0.3 is 0 Å². The van der Waals surface area contributed by atoms with Crippen LogP contribution in [0.4, 0.5) is 14.6 Å². The van der Waals surface area contributed by atoms with Gasteiger partial charge in [0.15, 0.2) is 0 Å². The van der Waals surface area contributed by atoms with Gasteiger partial charge in [-0.1, -0.05) is 0 Å². The van der Waals surface area contributed by atoms with Gasteiger partial charge in [-0.25, -0.2) is 13.5 Å². The molecule has 4 rings (SSSR count). The maximum absolute atomic E-state index is 13.8. The highest BCUT2D eigenvalue weighted by Crippen LogP contribution is 2.44. The van der Waals surface area contributed by atoms with Gasteiger partial charge in [-0.15, -0.1) is 11.8 Å². The Kier molecular flexibility index (Phi) is 4.80.